The fourth-order valence-corrected chi connectivity index (χ4v) is 3.85. The Bertz CT molecular complexity index is 1150. The van der Waals surface area contributed by atoms with Crippen LogP contribution in [0.15, 0.2) is 53.3 Å². The SMILES string of the molecule is Cn1c(C(NC(=O)O)C(C)(C)C)c(OCCc2ccccc2)c2cc(Cl)ccc2c1=O. The Morgan fingerprint density at radius 3 is 2.45 bits per heavy atom. The molecule has 3 aromatic rings. The first-order chi connectivity index (χ1) is 14.6. The van der Waals surface area contributed by atoms with Crippen LogP contribution in [0.1, 0.15) is 38.1 Å². The molecule has 0 bridgehead atoms. The highest BCUT2D eigenvalue weighted by Crippen LogP contribution is 2.40. The normalized spacial score (nSPS) is 12.5. The number of amides is 1. The van der Waals surface area contributed by atoms with Crippen LogP contribution in [0.3, 0.4) is 0 Å². The van der Waals surface area contributed by atoms with Crippen molar-refractivity contribution in [1.29, 1.82) is 0 Å². The molecule has 7 heteroatoms. The van der Waals surface area contributed by atoms with Gasteiger partial charge < -0.3 is 19.7 Å². The molecule has 0 aliphatic rings. The fraction of sp³-hybridized carbons (Fsp3) is 0.333. The van der Waals surface area contributed by atoms with E-state index < -0.39 is 17.6 Å². The second-order valence-corrected chi connectivity index (χ2v) is 9.04. The molecule has 31 heavy (non-hydrogen) atoms. The largest absolute Gasteiger partial charge is 0.491 e. The van der Waals surface area contributed by atoms with E-state index in [4.69, 9.17) is 16.3 Å². The van der Waals surface area contributed by atoms with Crippen LogP contribution in [-0.4, -0.2) is 22.4 Å². The minimum absolute atomic E-state index is 0.237. The summed E-state index contributed by atoms with van der Waals surface area (Å²) in [6.07, 6.45) is -0.508. The number of hydrogen-bond donors (Lipinski definition) is 2. The van der Waals surface area contributed by atoms with Gasteiger partial charge in [0.05, 0.1) is 23.7 Å². The van der Waals surface area contributed by atoms with Crippen molar-refractivity contribution in [1.82, 2.24) is 9.88 Å². The van der Waals surface area contributed by atoms with Gasteiger partial charge in [-0.2, -0.15) is 0 Å². The monoisotopic (exact) mass is 442 g/mol. The van der Waals surface area contributed by atoms with Crippen LogP contribution in [0.25, 0.3) is 10.8 Å². The Balaban J connectivity index is 2.18. The van der Waals surface area contributed by atoms with E-state index in [1.807, 2.05) is 51.1 Å². The van der Waals surface area contributed by atoms with E-state index in [9.17, 15) is 14.7 Å². The standard InChI is InChI=1S/C24H27ClN2O4/c1-24(2,3)21(26-23(29)30)19-20(31-13-12-15-8-6-5-7-9-15)18-14-16(25)10-11-17(18)22(28)27(19)4/h5-11,14,21,26H,12-13H2,1-4H3,(H,29,30). The molecule has 2 aromatic carbocycles. The smallest absolute Gasteiger partial charge is 0.405 e. The van der Waals surface area contributed by atoms with Crippen LogP contribution < -0.4 is 15.6 Å². The quantitative estimate of drug-likeness (QED) is 0.552. The molecule has 6 nitrogen and oxygen atoms in total. The van der Waals surface area contributed by atoms with E-state index in [1.165, 1.54) is 4.57 Å². The summed E-state index contributed by atoms with van der Waals surface area (Å²) in [6.45, 7) is 6.09. The van der Waals surface area contributed by atoms with E-state index in [0.717, 1.165) is 5.56 Å². The van der Waals surface area contributed by atoms with Gasteiger partial charge in [-0.25, -0.2) is 4.79 Å². The minimum atomic E-state index is -1.17. The van der Waals surface area contributed by atoms with E-state index in [2.05, 4.69) is 5.32 Å². The molecule has 1 amide bonds. The molecule has 0 saturated carbocycles. The Kier molecular flexibility index (Phi) is 6.60. The number of carboxylic acid groups (broad SMARTS) is 1. The van der Waals surface area contributed by atoms with E-state index in [-0.39, 0.29) is 5.56 Å². The maximum atomic E-state index is 13.1. The third kappa shape index (κ3) is 5.02. The lowest BCUT2D eigenvalue weighted by Gasteiger charge is -2.33. The number of fused-ring (bicyclic) bond motifs is 1. The third-order valence-electron chi connectivity index (χ3n) is 5.24. The molecule has 1 heterocycles. The van der Waals surface area contributed by atoms with Crippen molar-refractivity contribution < 1.29 is 14.6 Å². The minimum Gasteiger partial charge on any atom is -0.491 e. The summed E-state index contributed by atoms with van der Waals surface area (Å²) in [6, 6.07) is 14.3. The van der Waals surface area contributed by atoms with Gasteiger partial charge in [-0.3, -0.25) is 4.79 Å². The first-order valence-electron chi connectivity index (χ1n) is 10.1. The van der Waals surface area contributed by atoms with Gasteiger partial charge in [0, 0.05) is 23.9 Å². The molecule has 3 rings (SSSR count). The lowest BCUT2D eigenvalue weighted by Crippen LogP contribution is -2.39. The molecular formula is C24H27ClN2O4. The number of pyridine rings is 1. The van der Waals surface area contributed by atoms with Crippen molar-refractivity contribution in [2.45, 2.75) is 33.2 Å². The molecule has 0 aliphatic heterocycles. The second-order valence-electron chi connectivity index (χ2n) is 8.60. The first-order valence-corrected chi connectivity index (χ1v) is 10.5. The lowest BCUT2D eigenvalue weighted by molar-refractivity contribution is 0.171. The van der Waals surface area contributed by atoms with Gasteiger partial charge in [0.15, 0.2) is 0 Å². The Labute approximate surface area is 186 Å². The maximum absolute atomic E-state index is 13.1. The average molecular weight is 443 g/mol. The third-order valence-corrected chi connectivity index (χ3v) is 5.48. The van der Waals surface area contributed by atoms with Gasteiger partial charge in [-0.05, 0) is 29.2 Å². The van der Waals surface area contributed by atoms with Gasteiger partial charge >= 0.3 is 6.09 Å². The van der Waals surface area contributed by atoms with E-state index in [0.29, 0.717) is 40.3 Å². The summed E-state index contributed by atoms with van der Waals surface area (Å²) in [7, 11) is 1.64. The summed E-state index contributed by atoms with van der Waals surface area (Å²) in [5.41, 5.74) is 0.834. The van der Waals surface area contributed by atoms with Crippen LogP contribution in [0.4, 0.5) is 4.79 Å². The molecule has 164 valence electrons. The zero-order valence-electron chi connectivity index (χ0n) is 18.1. The highest BCUT2D eigenvalue weighted by Gasteiger charge is 2.34. The van der Waals surface area contributed by atoms with Gasteiger partial charge in [0.2, 0.25) is 0 Å². The topological polar surface area (TPSA) is 80.6 Å². The maximum Gasteiger partial charge on any atom is 0.405 e. The highest BCUT2D eigenvalue weighted by molar-refractivity contribution is 6.31. The molecular weight excluding hydrogens is 416 g/mol. The molecule has 0 aliphatic carbocycles. The number of nitrogens with one attached hydrogen (secondary N) is 1. The summed E-state index contributed by atoms with van der Waals surface area (Å²) < 4.78 is 7.72. The Morgan fingerprint density at radius 1 is 1.16 bits per heavy atom. The molecule has 0 fully saturated rings. The molecule has 1 unspecified atom stereocenters. The zero-order valence-corrected chi connectivity index (χ0v) is 18.9. The number of nitrogens with zero attached hydrogens (tertiary/aromatic N) is 1. The molecule has 0 radical (unpaired) electrons. The average Bonchev–Trinajstić information content (AvgIpc) is 2.70. The Morgan fingerprint density at radius 2 is 1.84 bits per heavy atom. The van der Waals surface area contributed by atoms with E-state index in [1.54, 1.807) is 25.2 Å². The van der Waals surface area contributed by atoms with E-state index >= 15 is 0 Å². The highest BCUT2D eigenvalue weighted by atomic mass is 35.5. The number of halogens is 1. The predicted octanol–water partition coefficient (Wildman–Crippen LogP) is 5.17. The lowest BCUT2D eigenvalue weighted by atomic mass is 9.83. The summed E-state index contributed by atoms with van der Waals surface area (Å²) in [5, 5.41) is 13.6. The number of carbonyl (C=O) groups is 1. The van der Waals surface area contributed by atoms with Crippen molar-refractivity contribution >= 4 is 28.5 Å². The second kappa shape index (κ2) is 9.02. The number of benzene rings is 2. The number of aromatic nitrogens is 1. The molecule has 0 saturated heterocycles. The van der Waals surface area contributed by atoms with Crippen molar-refractivity contribution in [2.24, 2.45) is 12.5 Å². The molecule has 0 spiro atoms. The van der Waals surface area contributed by atoms with Crippen LogP contribution >= 0.6 is 11.6 Å². The van der Waals surface area contributed by atoms with Crippen molar-refractivity contribution in [3.05, 3.63) is 75.2 Å². The molecule has 1 aromatic heterocycles. The zero-order chi connectivity index (χ0) is 22.8. The number of hydrogen-bond acceptors (Lipinski definition) is 3. The van der Waals surface area contributed by atoms with Gasteiger partial charge in [0.1, 0.15) is 5.75 Å². The van der Waals surface area contributed by atoms with Crippen molar-refractivity contribution in [3.8, 4) is 5.75 Å². The van der Waals surface area contributed by atoms with Gasteiger partial charge in [-0.1, -0.05) is 62.7 Å². The summed E-state index contributed by atoms with van der Waals surface area (Å²) >= 11 is 6.24. The molecule has 1 atom stereocenters. The fourth-order valence-electron chi connectivity index (χ4n) is 3.68. The Hall–Kier alpha value is -2.99. The van der Waals surface area contributed by atoms with Crippen LogP contribution in [0, 0.1) is 5.41 Å². The van der Waals surface area contributed by atoms with Crippen molar-refractivity contribution in [3.63, 3.8) is 0 Å². The van der Waals surface area contributed by atoms with Crippen LogP contribution in [-0.2, 0) is 13.5 Å². The van der Waals surface area contributed by atoms with Gasteiger partial charge in [-0.15, -0.1) is 0 Å². The van der Waals surface area contributed by atoms with Crippen LogP contribution in [0.5, 0.6) is 5.75 Å². The predicted molar refractivity (Wildman–Crippen MR) is 123 cm³/mol. The summed E-state index contributed by atoms with van der Waals surface area (Å²) in [5.74, 6) is 0.462. The number of ether oxygens (including phenoxy) is 1. The first kappa shape index (κ1) is 22.7. The van der Waals surface area contributed by atoms with Crippen molar-refractivity contribution in [2.75, 3.05) is 6.61 Å². The summed E-state index contributed by atoms with van der Waals surface area (Å²) in [4.78, 5) is 24.7. The molecule has 2 N–H and O–H groups in total. The van der Waals surface area contributed by atoms with Crippen LogP contribution in [0.2, 0.25) is 5.02 Å². The number of rotatable bonds is 6. The van der Waals surface area contributed by atoms with Gasteiger partial charge in [0.25, 0.3) is 5.56 Å².